The molecule has 0 atom stereocenters. The first-order valence-corrected chi connectivity index (χ1v) is 7.83. The molecular formula is C20H20N2O3. The van der Waals surface area contributed by atoms with Crippen LogP contribution in [0.5, 0.6) is 5.75 Å². The molecule has 5 nitrogen and oxygen atoms in total. The molecule has 0 aliphatic carbocycles. The summed E-state index contributed by atoms with van der Waals surface area (Å²) < 4.78 is 5.08. The first-order chi connectivity index (χ1) is 12.1. The Morgan fingerprint density at radius 3 is 2.28 bits per heavy atom. The second-order valence-corrected chi connectivity index (χ2v) is 5.32. The maximum Gasteiger partial charge on any atom is 0.315 e. The van der Waals surface area contributed by atoms with Crippen molar-refractivity contribution in [1.82, 2.24) is 10.6 Å². The van der Waals surface area contributed by atoms with Gasteiger partial charge in [0.2, 0.25) is 0 Å². The van der Waals surface area contributed by atoms with E-state index in [2.05, 4.69) is 22.5 Å². The van der Waals surface area contributed by atoms with E-state index in [-0.39, 0.29) is 18.4 Å². The molecule has 2 amide bonds. The van der Waals surface area contributed by atoms with Crippen molar-refractivity contribution < 1.29 is 14.3 Å². The Morgan fingerprint density at radius 2 is 1.68 bits per heavy atom. The summed E-state index contributed by atoms with van der Waals surface area (Å²) in [6, 6.07) is 14.2. The van der Waals surface area contributed by atoms with Crippen molar-refractivity contribution in [1.29, 1.82) is 0 Å². The number of hydrogen-bond donors (Lipinski definition) is 2. The van der Waals surface area contributed by atoms with Gasteiger partial charge in [-0.05, 0) is 36.8 Å². The number of carbonyl (C=O) groups is 2. The first kappa shape index (κ1) is 18.1. The van der Waals surface area contributed by atoms with E-state index in [9.17, 15) is 9.59 Å². The van der Waals surface area contributed by atoms with Crippen molar-refractivity contribution in [3.8, 4) is 17.6 Å². The third-order valence-electron chi connectivity index (χ3n) is 3.47. The second kappa shape index (κ2) is 9.14. The molecule has 2 rings (SSSR count). The average Bonchev–Trinajstić information content (AvgIpc) is 2.64. The fourth-order valence-corrected chi connectivity index (χ4v) is 2.05. The Balaban J connectivity index is 1.74. The van der Waals surface area contributed by atoms with Crippen LogP contribution < -0.4 is 15.4 Å². The molecule has 5 heteroatoms. The number of ether oxygens (including phenoxy) is 1. The molecule has 0 saturated carbocycles. The zero-order chi connectivity index (χ0) is 18.1. The third kappa shape index (κ3) is 6.04. The Labute approximate surface area is 147 Å². The van der Waals surface area contributed by atoms with Crippen LogP contribution in [0.3, 0.4) is 0 Å². The largest absolute Gasteiger partial charge is 0.497 e. The summed E-state index contributed by atoms with van der Waals surface area (Å²) in [6.07, 6.45) is 0. The first-order valence-electron chi connectivity index (χ1n) is 7.83. The molecule has 0 fully saturated rings. The quantitative estimate of drug-likeness (QED) is 0.652. The molecule has 0 aliphatic heterocycles. The van der Waals surface area contributed by atoms with Gasteiger partial charge in [-0.1, -0.05) is 36.1 Å². The van der Waals surface area contributed by atoms with Crippen molar-refractivity contribution >= 4 is 11.8 Å². The molecule has 25 heavy (non-hydrogen) atoms. The summed E-state index contributed by atoms with van der Waals surface area (Å²) in [5.41, 5.74) is 2.43. The number of amides is 2. The highest BCUT2D eigenvalue weighted by atomic mass is 16.5. The lowest BCUT2D eigenvalue weighted by atomic mass is 10.1. The van der Waals surface area contributed by atoms with Gasteiger partial charge >= 0.3 is 6.03 Å². The van der Waals surface area contributed by atoms with Gasteiger partial charge in [0.15, 0.2) is 5.78 Å². The molecule has 0 heterocycles. The van der Waals surface area contributed by atoms with Gasteiger partial charge in [0, 0.05) is 17.7 Å². The topological polar surface area (TPSA) is 67.4 Å². The van der Waals surface area contributed by atoms with Crippen LogP contribution in [0.1, 0.15) is 28.4 Å². The lowest BCUT2D eigenvalue weighted by Crippen LogP contribution is -2.35. The molecule has 0 spiro atoms. The molecular weight excluding hydrogens is 316 g/mol. The van der Waals surface area contributed by atoms with Crippen LogP contribution in [0.2, 0.25) is 0 Å². The molecule has 2 aromatic rings. The summed E-state index contributed by atoms with van der Waals surface area (Å²) in [6.45, 7) is 2.19. The predicted molar refractivity (Wildman–Crippen MR) is 96.6 cm³/mol. The predicted octanol–water partition coefficient (Wildman–Crippen LogP) is 2.75. The smallest absolute Gasteiger partial charge is 0.315 e. The number of methoxy groups -OCH3 is 1. The van der Waals surface area contributed by atoms with Crippen LogP contribution in [0, 0.1) is 11.8 Å². The zero-order valence-corrected chi connectivity index (χ0v) is 14.3. The standard InChI is InChI=1S/C20H20N2O3/c1-15(23)18-9-5-16(6-10-18)4-3-13-21-20(24)22-14-17-7-11-19(25-2)12-8-17/h5-12H,13-14H2,1-2H3,(H2,21,22,24). The van der Waals surface area contributed by atoms with Crippen molar-refractivity contribution in [2.45, 2.75) is 13.5 Å². The molecule has 0 aromatic heterocycles. The highest BCUT2D eigenvalue weighted by Crippen LogP contribution is 2.10. The number of urea groups is 1. The lowest BCUT2D eigenvalue weighted by molar-refractivity contribution is 0.101. The molecule has 0 unspecified atom stereocenters. The number of Topliss-reactive ketones (excluding diaryl/α,β-unsaturated/α-hetero) is 1. The lowest BCUT2D eigenvalue weighted by Gasteiger charge is -2.06. The van der Waals surface area contributed by atoms with Crippen molar-refractivity contribution in [2.75, 3.05) is 13.7 Å². The molecule has 2 N–H and O–H groups in total. The van der Waals surface area contributed by atoms with E-state index in [1.807, 2.05) is 24.3 Å². The Bertz CT molecular complexity index is 784. The van der Waals surface area contributed by atoms with Crippen LogP contribution in [0.4, 0.5) is 4.79 Å². The second-order valence-electron chi connectivity index (χ2n) is 5.32. The van der Waals surface area contributed by atoms with E-state index in [4.69, 9.17) is 4.74 Å². The summed E-state index contributed by atoms with van der Waals surface area (Å²) in [5.74, 6) is 6.61. The van der Waals surface area contributed by atoms with Gasteiger partial charge in [0.25, 0.3) is 0 Å². The monoisotopic (exact) mass is 336 g/mol. The van der Waals surface area contributed by atoms with E-state index in [1.54, 1.807) is 31.4 Å². The zero-order valence-electron chi connectivity index (χ0n) is 14.3. The molecule has 2 aromatic carbocycles. The van der Waals surface area contributed by atoms with Gasteiger partial charge in [0.1, 0.15) is 5.75 Å². The molecule has 0 aliphatic rings. The third-order valence-corrected chi connectivity index (χ3v) is 3.47. The van der Waals surface area contributed by atoms with Crippen molar-refractivity contribution in [3.05, 3.63) is 65.2 Å². The Morgan fingerprint density at radius 1 is 1.00 bits per heavy atom. The molecule has 0 bridgehead atoms. The average molecular weight is 336 g/mol. The number of rotatable bonds is 5. The van der Waals surface area contributed by atoms with Gasteiger partial charge in [-0.15, -0.1) is 0 Å². The minimum absolute atomic E-state index is 0.0229. The van der Waals surface area contributed by atoms with Gasteiger partial charge in [-0.2, -0.15) is 0 Å². The summed E-state index contributed by atoms with van der Waals surface area (Å²) in [5, 5.41) is 5.43. The minimum Gasteiger partial charge on any atom is -0.497 e. The number of nitrogens with one attached hydrogen (secondary N) is 2. The SMILES string of the molecule is COc1ccc(CNC(=O)NCC#Cc2ccc(C(C)=O)cc2)cc1. The van der Waals surface area contributed by atoms with Crippen LogP contribution in [0.15, 0.2) is 48.5 Å². The number of carbonyl (C=O) groups excluding carboxylic acids is 2. The van der Waals surface area contributed by atoms with Crippen LogP contribution in [-0.4, -0.2) is 25.5 Å². The van der Waals surface area contributed by atoms with Crippen molar-refractivity contribution in [2.24, 2.45) is 0 Å². The normalized spacial score (nSPS) is 9.52. The van der Waals surface area contributed by atoms with Gasteiger partial charge in [-0.25, -0.2) is 4.79 Å². The maximum absolute atomic E-state index is 11.7. The summed E-state index contributed by atoms with van der Waals surface area (Å²) >= 11 is 0. The summed E-state index contributed by atoms with van der Waals surface area (Å²) in [7, 11) is 1.61. The van der Waals surface area contributed by atoms with E-state index >= 15 is 0 Å². The number of ketones is 1. The van der Waals surface area contributed by atoms with Crippen LogP contribution in [-0.2, 0) is 6.54 Å². The van der Waals surface area contributed by atoms with Gasteiger partial charge in [0.05, 0.1) is 13.7 Å². The fourth-order valence-electron chi connectivity index (χ4n) is 2.05. The molecule has 128 valence electrons. The Kier molecular flexibility index (Phi) is 6.61. The Hall–Kier alpha value is -3.26. The summed E-state index contributed by atoms with van der Waals surface area (Å²) in [4.78, 5) is 22.9. The van der Waals surface area contributed by atoms with Crippen LogP contribution in [0.25, 0.3) is 0 Å². The molecule has 0 saturated heterocycles. The van der Waals surface area contributed by atoms with E-state index < -0.39 is 0 Å². The van der Waals surface area contributed by atoms with Crippen LogP contribution >= 0.6 is 0 Å². The number of hydrogen-bond acceptors (Lipinski definition) is 3. The number of benzene rings is 2. The van der Waals surface area contributed by atoms with E-state index in [1.165, 1.54) is 6.92 Å². The van der Waals surface area contributed by atoms with E-state index in [0.29, 0.717) is 12.1 Å². The minimum atomic E-state index is -0.281. The van der Waals surface area contributed by atoms with Crippen molar-refractivity contribution in [3.63, 3.8) is 0 Å². The highest BCUT2D eigenvalue weighted by Gasteiger charge is 2.00. The molecule has 0 radical (unpaired) electrons. The van der Waals surface area contributed by atoms with Gasteiger partial charge < -0.3 is 15.4 Å². The van der Waals surface area contributed by atoms with Gasteiger partial charge in [-0.3, -0.25) is 4.79 Å². The maximum atomic E-state index is 11.7. The highest BCUT2D eigenvalue weighted by molar-refractivity contribution is 5.94. The van der Waals surface area contributed by atoms with E-state index in [0.717, 1.165) is 16.9 Å². The fraction of sp³-hybridized carbons (Fsp3) is 0.200.